The monoisotopic (exact) mass is 353 g/mol. The molecular formula is C17H17F2NO3S. The quantitative estimate of drug-likeness (QED) is 0.832. The molecule has 0 saturated heterocycles. The first-order chi connectivity index (χ1) is 11.4. The third kappa shape index (κ3) is 5.73. The molecule has 1 amide bonds. The number of halogens is 2. The van der Waals surface area contributed by atoms with Gasteiger partial charge in [-0.2, -0.15) is 0 Å². The lowest BCUT2D eigenvalue weighted by atomic mass is 10.1. The average molecular weight is 353 g/mol. The number of amides is 1. The molecule has 2 rings (SSSR count). The summed E-state index contributed by atoms with van der Waals surface area (Å²) in [5.41, 5.74) is 0.637. The van der Waals surface area contributed by atoms with Crippen LogP contribution in [0.25, 0.3) is 0 Å². The van der Waals surface area contributed by atoms with E-state index in [-0.39, 0.29) is 11.4 Å². The maximum absolute atomic E-state index is 13.4. The van der Waals surface area contributed by atoms with Crippen molar-refractivity contribution >= 4 is 21.4 Å². The minimum absolute atomic E-state index is 0.152. The Balaban J connectivity index is 1.86. The Kier molecular flexibility index (Phi) is 6.03. The summed E-state index contributed by atoms with van der Waals surface area (Å²) >= 11 is 0. The lowest BCUT2D eigenvalue weighted by Gasteiger charge is -2.07. The molecule has 2 aromatic carbocycles. The second-order valence-corrected chi connectivity index (χ2v) is 7.54. The topological polar surface area (TPSA) is 63.2 Å². The summed E-state index contributed by atoms with van der Waals surface area (Å²) < 4.78 is 50.3. The smallest absolute Gasteiger partial charge is 0.239 e. The Morgan fingerprint density at radius 1 is 1.04 bits per heavy atom. The highest BCUT2D eigenvalue weighted by Crippen LogP contribution is 2.15. The molecule has 0 aliphatic rings. The molecule has 0 atom stereocenters. The van der Waals surface area contributed by atoms with Crippen LogP contribution < -0.4 is 5.32 Å². The number of anilines is 1. The molecule has 2 aromatic rings. The summed E-state index contributed by atoms with van der Waals surface area (Å²) in [4.78, 5) is 11.7. The molecule has 0 radical (unpaired) electrons. The van der Waals surface area contributed by atoms with Crippen molar-refractivity contribution in [3.63, 3.8) is 0 Å². The predicted octanol–water partition coefficient (Wildman–Crippen LogP) is 2.95. The highest BCUT2D eigenvalue weighted by molar-refractivity contribution is 7.92. The zero-order valence-corrected chi connectivity index (χ0v) is 13.7. The summed E-state index contributed by atoms with van der Waals surface area (Å²) in [5, 5.41) is 2.08. The molecule has 0 aliphatic carbocycles. The maximum atomic E-state index is 13.4. The van der Waals surface area contributed by atoms with Crippen LogP contribution in [-0.2, 0) is 21.1 Å². The summed E-state index contributed by atoms with van der Waals surface area (Å²) in [5.74, 6) is -3.36. The molecule has 7 heteroatoms. The summed E-state index contributed by atoms with van der Waals surface area (Å²) in [7, 11) is -3.62. The first-order valence-corrected chi connectivity index (χ1v) is 9.17. The Morgan fingerprint density at radius 3 is 2.46 bits per heavy atom. The highest BCUT2D eigenvalue weighted by atomic mass is 32.2. The van der Waals surface area contributed by atoms with Gasteiger partial charge in [0.2, 0.25) is 5.91 Å². The molecule has 1 N–H and O–H groups in total. The van der Waals surface area contributed by atoms with E-state index in [1.165, 1.54) is 0 Å². The van der Waals surface area contributed by atoms with Gasteiger partial charge in [0.1, 0.15) is 17.4 Å². The number of sulfone groups is 1. The van der Waals surface area contributed by atoms with Crippen molar-refractivity contribution in [1.29, 1.82) is 0 Å². The van der Waals surface area contributed by atoms with Crippen LogP contribution in [0.15, 0.2) is 48.5 Å². The van der Waals surface area contributed by atoms with Gasteiger partial charge >= 0.3 is 0 Å². The normalized spacial score (nSPS) is 11.2. The minimum Gasteiger partial charge on any atom is -0.323 e. The molecule has 0 heterocycles. The van der Waals surface area contributed by atoms with Gasteiger partial charge in [-0.1, -0.05) is 30.3 Å². The van der Waals surface area contributed by atoms with Gasteiger partial charge in [-0.05, 0) is 30.5 Å². The van der Waals surface area contributed by atoms with Crippen LogP contribution in [0.5, 0.6) is 0 Å². The van der Waals surface area contributed by atoms with Crippen LogP contribution >= 0.6 is 0 Å². The van der Waals surface area contributed by atoms with Gasteiger partial charge in [-0.15, -0.1) is 0 Å². The molecule has 0 unspecified atom stereocenters. The molecule has 4 nitrogen and oxygen atoms in total. The van der Waals surface area contributed by atoms with E-state index in [0.29, 0.717) is 12.8 Å². The van der Waals surface area contributed by atoms with Crippen molar-refractivity contribution in [1.82, 2.24) is 0 Å². The number of carbonyl (C=O) groups excluding carboxylic acids is 1. The van der Waals surface area contributed by atoms with Crippen molar-refractivity contribution in [2.75, 3.05) is 16.8 Å². The van der Waals surface area contributed by atoms with E-state index in [2.05, 4.69) is 5.32 Å². The number of benzene rings is 2. The first-order valence-electron chi connectivity index (χ1n) is 7.35. The summed E-state index contributed by atoms with van der Waals surface area (Å²) in [6.07, 6.45) is 0.966. The van der Waals surface area contributed by atoms with E-state index in [0.717, 1.165) is 23.8 Å². The van der Waals surface area contributed by atoms with Gasteiger partial charge in [0.05, 0.1) is 11.4 Å². The van der Waals surface area contributed by atoms with E-state index in [9.17, 15) is 22.0 Å². The number of nitrogens with one attached hydrogen (secondary N) is 1. The third-order valence-electron chi connectivity index (χ3n) is 3.32. The molecule has 128 valence electrons. The van der Waals surface area contributed by atoms with Gasteiger partial charge in [0.15, 0.2) is 9.84 Å². The van der Waals surface area contributed by atoms with Crippen molar-refractivity contribution in [2.45, 2.75) is 12.8 Å². The van der Waals surface area contributed by atoms with Crippen molar-refractivity contribution in [3.05, 3.63) is 65.7 Å². The molecule has 0 fully saturated rings. The first kappa shape index (κ1) is 18.1. The van der Waals surface area contributed by atoms with Gasteiger partial charge < -0.3 is 5.32 Å². The van der Waals surface area contributed by atoms with Crippen LogP contribution in [0.4, 0.5) is 14.5 Å². The van der Waals surface area contributed by atoms with Gasteiger partial charge in [0, 0.05) is 6.07 Å². The molecule has 0 saturated carbocycles. The molecule has 0 aliphatic heterocycles. The highest BCUT2D eigenvalue weighted by Gasteiger charge is 2.18. The molecule has 0 spiro atoms. The lowest BCUT2D eigenvalue weighted by Crippen LogP contribution is -2.25. The third-order valence-corrected chi connectivity index (χ3v) is 4.93. The fourth-order valence-corrected chi connectivity index (χ4v) is 3.39. The fourth-order valence-electron chi connectivity index (χ4n) is 2.19. The fraction of sp³-hybridized carbons (Fsp3) is 0.235. The van der Waals surface area contributed by atoms with E-state index in [4.69, 9.17) is 0 Å². The lowest BCUT2D eigenvalue weighted by molar-refractivity contribution is -0.113. The number of carbonyl (C=O) groups is 1. The standard InChI is InChI=1S/C17H17F2NO3S/c18-14-8-9-15(19)16(11-14)20-17(21)12-24(22,23)10-4-7-13-5-2-1-3-6-13/h1-3,5-6,8-9,11H,4,7,10,12H2,(H,20,21). The van der Waals surface area contributed by atoms with Crippen molar-refractivity contribution < 1.29 is 22.0 Å². The zero-order chi connectivity index (χ0) is 17.6. The Labute approximate surface area is 139 Å². The number of hydrogen-bond donors (Lipinski definition) is 1. The van der Waals surface area contributed by atoms with Gasteiger partial charge in [0.25, 0.3) is 0 Å². The van der Waals surface area contributed by atoms with Crippen LogP contribution in [0.3, 0.4) is 0 Å². The summed E-state index contributed by atoms with van der Waals surface area (Å²) in [6, 6.07) is 12.0. The second-order valence-electron chi connectivity index (χ2n) is 5.35. The molecular weight excluding hydrogens is 336 g/mol. The SMILES string of the molecule is O=C(CS(=O)(=O)CCCc1ccccc1)Nc1cc(F)ccc1F. The van der Waals surface area contributed by atoms with Crippen LogP contribution in [-0.4, -0.2) is 25.8 Å². The van der Waals surface area contributed by atoms with E-state index in [1.807, 2.05) is 30.3 Å². The van der Waals surface area contributed by atoms with Crippen LogP contribution in [0, 0.1) is 11.6 Å². The largest absolute Gasteiger partial charge is 0.323 e. The van der Waals surface area contributed by atoms with Crippen molar-refractivity contribution in [3.8, 4) is 0 Å². The van der Waals surface area contributed by atoms with E-state index < -0.39 is 33.1 Å². The minimum atomic E-state index is -3.62. The van der Waals surface area contributed by atoms with E-state index >= 15 is 0 Å². The average Bonchev–Trinajstić information content (AvgIpc) is 2.51. The van der Waals surface area contributed by atoms with Crippen molar-refractivity contribution in [2.24, 2.45) is 0 Å². The Hall–Kier alpha value is -2.28. The maximum Gasteiger partial charge on any atom is 0.239 e. The second kappa shape index (κ2) is 8.01. The molecule has 0 aromatic heterocycles. The zero-order valence-electron chi connectivity index (χ0n) is 12.8. The summed E-state index contributed by atoms with van der Waals surface area (Å²) in [6.45, 7) is 0. The molecule has 24 heavy (non-hydrogen) atoms. The molecule has 0 bridgehead atoms. The Bertz CT molecular complexity index is 808. The van der Waals surface area contributed by atoms with Gasteiger partial charge in [-0.25, -0.2) is 17.2 Å². The Morgan fingerprint density at radius 2 is 1.75 bits per heavy atom. The predicted molar refractivity (Wildman–Crippen MR) is 88.4 cm³/mol. The van der Waals surface area contributed by atoms with E-state index in [1.54, 1.807) is 0 Å². The van der Waals surface area contributed by atoms with Crippen LogP contribution in [0.1, 0.15) is 12.0 Å². The number of hydrogen-bond acceptors (Lipinski definition) is 3. The van der Waals surface area contributed by atoms with Gasteiger partial charge in [-0.3, -0.25) is 4.79 Å². The van der Waals surface area contributed by atoms with Crippen LogP contribution in [0.2, 0.25) is 0 Å². The number of aryl methyl sites for hydroxylation is 1. The number of rotatable bonds is 7.